The molecule has 1 fully saturated rings. The van der Waals surface area contributed by atoms with E-state index in [-0.39, 0.29) is 25.4 Å². The number of hydrogen-bond donors (Lipinski definition) is 3. The summed E-state index contributed by atoms with van der Waals surface area (Å²) in [4.78, 5) is 38.9. The largest absolute Gasteiger partial charge is 0.329 e. The molecule has 2 unspecified atom stereocenters. The van der Waals surface area contributed by atoms with Crippen LogP contribution in [0.5, 0.6) is 0 Å². The second kappa shape index (κ2) is 9.83. The van der Waals surface area contributed by atoms with Gasteiger partial charge in [0.1, 0.15) is 6.04 Å². The highest BCUT2D eigenvalue weighted by atomic mass is 16.2. The highest BCUT2D eigenvalue weighted by molar-refractivity contribution is 5.96. The molecule has 0 radical (unpaired) electrons. The van der Waals surface area contributed by atoms with E-state index in [1.807, 2.05) is 54.6 Å². The van der Waals surface area contributed by atoms with Crippen LogP contribution in [0.4, 0.5) is 16.2 Å². The Morgan fingerprint density at radius 3 is 2.39 bits per heavy atom. The molecule has 1 aliphatic heterocycles. The van der Waals surface area contributed by atoms with Crippen molar-refractivity contribution in [3.63, 3.8) is 0 Å². The zero-order valence-corrected chi connectivity index (χ0v) is 17.8. The number of nitriles is 1. The number of hydrogen-bond acceptors (Lipinski definition) is 4. The fraction of sp³-hybridized carbons (Fsp3) is 0.200. The molecule has 1 heterocycles. The average molecular weight is 441 g/mol. The molecule has 1 saturated heterocycles. The molecule has 0 spiro atoms. The maximum atomic E-state index is 12.7. The molecule has 4 rings (SSSR count). The van der Waals surface area contributed by atoms with Crippen LogP contribution in [0.25, 0.3) is 10.8 Å². The van der Waals surface area contributed by atoms with Crippen LogP contribution in [0.2, 0.25) is 0 Å². The SMILES string of the molecule is N#CC1CC(C(=O)Nc2ccccc2)CN1C(=O)CNC(=O)Nc1ccc2ccccc2c1. The molecule has 0 bridgehead atoms. The zero-order valence-electron chi connectivity index (χ0n) is 17.8. The summed E-state index contributed by atoms with van der Waals surface area (Å²) in [5.41, 5.74) is 1.26. The fourth-order valence-electron chi connectivity index (χ4n) is 3.89. The predicted octanol–water partition coefficient (Wildman–Crippen LogP) is 3.34. The normalized spacial score (nSPS) is 17.2. The van der Waals surface area contributed by atoms with E-state index in [9.17, 15) is 19.6 Å². The molecule has 4 amide bonds. The predicted molar refractivity (Wildman–Crippen MR) is 125 cm³/mol. The van der Waals surface area contributed by atoms with Crippen molar-refractivity contribution in [3.05, 3.63) is 72.8 Å². The minimum Gasteiger partial charge on any atom is -0.329 e. The van der Waals surface area contributed by atoms with Crippen LogP contribution in [0.15, 0.2) is 72.8 Å². The maximum absolute atomic E-state index is 12.7. The molecule has 0 saturated carbocycles. The number of urea groups is 1. The van der Waals surface area contributed by atoms with Gasteiger partial charge in [0.2, 0.25) is 11.8 Å². The Kier molecular flexibility index (Phi) is 6.51. The van der Waals surface area contributed by atoms with Crippen LogP contribution in [0.1, 0.15) is 6.42 Å². The Morgan fingerprint density at radius 2 is 1.64 bits per heavy atom. The quantitative estimate of drug-likeness (QED) is 0.563. The fourth-order valence-corrected chi connectivity index (χ4v) is 3.89. The first-order chi connectivity index (χ1) is 16.0. The number of nitrogens with zero attached hydrogens (tertiary/aromatic N) is 2. The van der Waals surface area contributed by atoms with Gasteiger partial charge < -0.3 is 20.9 Å². The van der Waals surface area contributed by atoms with Crippen molar-refractivity contribution in [3.8, 4) is 6.07 Å². The second-order valence-corrected chi connectivity index (χ2v) is 7.85. The van der Waals surface area contributed by atoms with Gasteiger partial charge in [-0.05, 0) is 41.5 Å². The molecule has 0 aliphatic carbocycles. The summed E-state index contributed by atoms with van der Waals surface area (Å²) in [7, 11) is 0. The minimum absolute atomic E-state index is 0.129. The van der Waals surface area contributed by atoms with E-state index in [1.54, 1.807) is 18.2 Å². The first-order valence-electron chi connectivity index (χ1n) is 10.6. The number of fused-ring (bicyclic) bond motifs is 1. The van der Waals surface area contributed by atoms with Crippen molar-refractivity contribution >= 4 is 40.0 Å². The van der Waals surface area contributed by atoms with Gasteiger partial charge in [0, 0.05) is 17.9 Å². The third-order valence-electron chi connectivity index (χ3n) is 5.59. The van der Waals surface area contributed by atoms with Crippen LogP contribution in [0, 0.1) is 17.2 Å². The summed E-state index contributed by atoms with van der Waals surface area (Å²) < 4.78 is 0. The Hall–Kier alpha value is -4.38. The van der Waals surface area contributed by atoms with Crippen molar-refractivity contribution in [2.75, 3.05) is 23.7 Å². The monoisotopic (exact) mass is 441 g/mol. The van der Waals surface area contributed by atoms with Gasteiger partial charge in [-0.3, -0.25) is 9.59 Å². The number of carbonyl (C=O) groups excluding carboxylic acids is 3. The summed E-state index contributed by atoms with van der Waals surface area (Å²) in [6.07, 6.45) is 0.254. The van der Waals surface area contributed by atoms with E-state index in [1.165, 1.54) is 4.90 Å². The lowest BCUT2D eigenvalue weighted by Gasteiger charge is -2.20. The van der Waals surface area contributed by atoms with Gasteiger partial charge in [-0.2, -0.15) is 5.26 Å². The molecule has 2 atom stereocenters. The van der Waals surface area contributed by atoms with Crippen LogP contribution in [0.3, 0.4) is 0 Å². The number of benzene rings is 3. The van der Waals surface area contributed by atoms with E-state index in [0.717, 1.165) is 10.8 Å². The second-order valence-electron chi connectivity index (χ2n) is 7.85. The molecule has 0 aromatic heterocycles. The van der Waals surface area contributed by atoms with Gasteiger partial charge in [0.05, 0.1) is 18.5 Å². The number of nitrogens with one attached hydrogen (secondary N) is 3. The smallest absolute Gasteiger partial charge is 0.319 e. The molecule has 3 N–H and O–H groups in total. The van der Waals surface area contributed by atoms with Crippen LogP contribution >= 0.6 is 0 Å². The van der Waals surface area contributed by atoms with Gasteiger partial charge in [-0.15, -0.1) is 0 Å². The maximum Gasteiger partial charge on any atom is 0.319 e. The third kappa shape index (κ3) is 5.28. The number of para-hydroxylation sites is 1. The number of rotatable bonds is 5. The zero-order chi connectivity index (χ0) is 23.2. The van der Waals surface area contributed by atoms with E-state index in [4.69, 9.17) is 0 Å². The molecule has 33 heavy (non-hydrogen) atoms. The van der Waals surface area contributed by atoms with Crippen molar-refractivity contribution in [1.29, 1.82) is 5.26 Å². The lowest BCUT2D eigenvalue weighted by atomic mass is 10.1. The van der Waals surface area contributed by atoms with E-state index < -0.39 is 23.9 Å². The van der Waals surface area contributed by atoms with E-state index >= 15 is 0 Å². The number of amides is 4. The first kappa shape index (κ1) is 21.8. The van der Waals surface area contributed by atoms with Gasteiger partial charge in [0.15, 0.2) is 0 Å². The summed E-state index contributed by atoms with van der Waals surface area (Å²) in [5.74, 6) is -1.14. The van der Waals surface area contributed by atoms with Gasteiger partial charge in [-0.25, -0.2) is 4.79 Å². The molecule has 8 heteroatoms. The molecular weight excluding hydrogens is 418 g/mol. The highest BCUT2D eigenvalue weighted by Crippen LogP contribution is 2.24. The van der Waals surface area contributed by atoms with Gasteiger partial charge in [-0.1, -0.05) is 48.5 Å². The highest BCUT2D eigenvalue weighted by Gasteiger charge is 2.38. The molecule has 1 aliphatic rings. The topological polar surface area (TPSA) is 114 Å². The van der Waals surface area contributed by atoms with Crippen molar-refractivity contribution in [1.82, 2.24) is 10.2 Å². The molecule has 3 aromatic rings. The van der Waals surface area contributed by atoms with Crippen LogP contribution < -0.4 is 16.0 Å². The molecule has 166 valence electrons. The van der Waals surface area contributed by atoms with Crippen LogP contribution in [-0.4, -0.2) is 41.9 Å². The Labute approximate surface area is 191 Å². The molecule has 8 nitrogen and oxygen atoms in total. The number of anilines is 2. The standard InChI is InChI=1S/C25H23N5O3/c26-14-22-13-19(24(32)28-20-8-2-1-3-9-20)16-30(22)23(31)15-27-25(33)29-21-11-10-17-6-4-5-7-18(17)12-21/h1-12,19,22H,13,15-16H2,(H,28,32)(H2,27,29,33). The Morgan fingerprint density at radius 1 is 0.909 bits per heavy atom. The summed E-state index contributed by atoms with van der Waals surface area (Å²) in [6.45, 7) is -0.145. The third-order valence-corrected chi connectivity index (χ3v) is 5.59. The summed E-state index contributed by atoms with van der Waals surface area (Å²) in [6, 6.07) is 23.2. The lowest BCUT2D eigenvalue weighted by molar-refractivity contribution is -0.130. The summed E-state index contributed by atoms with van der Waals surface area (Å²) in [5, 5.41) is 19.6. The van der Waals surface area contributed by atoms with Crippen molar-refractivity contribution < 1.29 is 14.4 Å². The van der Waals surface area contributed by atoms with Gasteiger partial charge in [0.25, 0.3) is 0 Å². The van der Waals surface area contributed by atoms with Crippen molar-refractivity contribution in [2.24, 2.45) is 5.92 Å². The van der Waals surface area contributed by atoms with Crippen molar-refractivity contribution in [2.45, 2.75) is 12.5 Å². The molecular formula is C25H23N5O3. The van der Waals surface area contributed by atoms with E-state index in [0.29, 0.717) is 11.4 Å². The van der Waals surface area contributed by atoms with E-state index in [2.05, 4.69) is 22.0 Å². The Bertz CT molecular complexity index is 1220. The average Bonchev–Trinajstić information content (AvgIpc) is 3.28. The van der Waals surface area contributed by atoms with Gasteiger partial charge >= 0.3 is 6.03 Å². The molecule has 3 aromatic carbocycles. The number of likely N-dealkylation sites (tertiary alicyclic amines) is 1. The van der Waals surface area contributed by atoms with Crippen LogP contribution in [-0.2, 0) is 9.59 Å². The first-order valence-corrected chi connectivity index (χ1v) is 10.6. The summed E-state index contributed by atoms with van der Waals surface area (Å²) >= 11 is 0. The number of carbonyl (C=O) groups is 3. The lowest BCUT2D eigenvalue weighted by Crippen LogP contribution is -2.43. The minimum atomic E-state index is -0.714. The Balaban J connectivity index is 1.30.